The summed E-state index contributed by atoms with van der Waals surface area (Å²) in [6.07, 6.45) is 0. The summed E-state index contributed by atoms with van der Waals surface area (Å²) in [6, 6.07) is 5.37. The first kappa shape index (κ1) is 12.6. The fourth-order valence-electron chi connectivity index (χ4n) is 1.46. The Morgan fingerprint density at radius 3 is 2.29 bits per heavy atom. The lowest BCUT2D eigenvalue weighted by Gasteiger charge is -2.07. The van der Waals surface area contributed by atoms with Crippen molar-refractivity contribution in [1.82, 2.24) is 9.78 Å². The van der Waals surface area contributed by atoms with Gasteiger partial charge in [-0.3, -0.25) is 4.68 Å². The van der Waals surface area contributed by atoms with Crippen LogP contribution in [0.3, 0.4) is 0 Å². The maximum absolute atomic E-state index is 6.13. The molecule has 0 saturated carbocycles. The molecule has 1 heterocycles. The zero-order valence-corrected chi connectivity index (χ0v) is 11.7. The number of halogens is 2. The van der Waals surface area contributed by atoms with E-state index in [9.17, 15) is 0 Å². The van der Waals surface area contributed by atoms with Crippen LogP contribution in [-0.4, -0.2) is 9.78 Å². The lowest BCUT2D eigenvalue weighted by molar-refractivity contribution is 0.692. The van der Waals surface area contributed by atoms with Gasteiger partial charge in [0.15, 0.2) is 0 Å². The van der Waals surface area contributed by atoms with Crippen LogP contribution in [0.15, 0.2) is 28.1 Å². The third-order valence-corrected chi connectivity index (χ3v) is 4.24. The van der Waals surface area contributed by atoms with Gasteiger partial charge in [-0.1, -0.05) is 35.0 Å². The van der Waals surface area contributed by atoms with E-state index < -0.39 is 0 Å². The van der Waals surface area contributed by atoms with E-state index in [2.05, 4.69) is 5.10 Å². The number of hydrogen-bond donors (Lipinski definition) is 1. The second kappa shape index (κ2) is 4.80. The van der Waals surface area contributed by atoms with Crippen LogP contribution in [0.4, 0.5) is 5.69 Å². The summed E-state index contributed by atoms with van der Waals surface area (Å²) in [5.74, 6) is 0. The van der Waals surface area contributed by atoms with Gasteiger partial charge in [-0.15, -0.1) is 0 Å². The monoisotopic (exact) mass is 287 g/mol. The van der Waals surface area contributed by atoms with Gasteiger partial charge in [0.2, 0.25) is 0 Å². The van der Waals surface area contributed by atoms with E-state index in [4.69, 9.17) is 28.9 Å². The van der Waals surface area contributed by atoms with Gasteiger partial charge in [-0.05, 0) is 25.1 Å². The molecule has 0 aliphatic carbocycles. The Labute approximate surface area is 114 Å². The molecule has 2 N–H and O–H groups in total. The molecule has 0 saturated heterocycles. The molecule has 0 radical (unpaired) electrons. The normalized spacial score (nSPS) is 10.8. The van der Waals surface area contributed by atoms with Gasteiger partial charge in [0, 0.05) is 12.7 Å². The molecule has 17 heavy (non-hydrogen) atoms. The average molecular weight is 288 g/mol. The minimum Gasteiger partial charge on any atom is -0.399 e. The van der Waals surface area contributed by atoms with Crippen LogP contribution in [0, 0.1) is 6.92 Å². The van der Waals surface area contributed by atoms with Crippen molar-refractivity contribution in [3.8, 4) is 0 Å². The molecule has 0 fully saturated rings. The Morgan fingerprint density at radius 1 is 1.24 bits per heavy atom. The topological polar surface area (TPSA) is 43.8 Å². The zero-order valence-electron chi connectivity index (χ0n) is 9.37. The van der Waals surface area contributed by atoms with Crippen molar-refractivity contribution in [3.05, 3.63) is 33.9 Å². The average Bonchev–Trinajstić information content (AvgIpc) is 2.51. The summed E-state index contributed by atoms with van der Waals surface area (Å²) in [5.41, 5.74) is 7.18. The van der Waals surface area contributed by atoms with Gasteiger partial charge >= 0.3 is 0 Å². The summed E-state index contributed by atoms with van der Waals surface area (Å²) in [4.78, 5) is 0.797. The molecule has 0 spiro atoms. The van der Waals surface area contributed by atoms with Gasteiger partial charge in [0.05, 0.1) is 25.7 Å². The highest BCUT2D eigenvalue weighted by molar-refractivity contribution is 7.99. The van der Waals surface area contributed by atoms with Crippen LogP contribution in [0.5, 0.6) is 0 Å². The third-order valence-electron chi connectivity index (χ3n) is 2.19. The first-order valence-corrected chi connectivity index (χ1v) is 6.47. The molecule has 2 rings (SSSR count). The molecular formula is C11H11Cl2N3S. The molecule has 2 aromatic rings. The maximum Gasteiger partial charge on any atom is 0.0987 e. The number of anilines is 1. The Hall–Kier alpha value is -0.840. The van der Waals surface area contributed by atoms with Crippen LogP contribution >= 0.6 is 35.0 Å². The van der Waals surface area contributed by atoms with E-state index in [1.807, 2.05) is 20.0 Å². The number of rotatable bonds is 2. The number of aromatic nitrogens is 2. The highest BCUT2D eigenvalue weighted by atomic mass is 35.5. The summed E-state index contributed by atoms with van der Waals surface area (Å²) in [7, 11) is 1.88. The van der Waals surface area contributed by atoms with Crippen LogP contribution in [-0.2, 0) is 7.05 Å². The number of benzene rings is 1. The second-order valence-corrected chi connectivity index (χ2v) is 5.51. The first-order valence-electron chi connectivity index (χ1n) is 4.90. The van der Waals surface area contributed by atoms with E-state index >= 15 is 0 Å². The van der Waals surface area contributed by atoms with E-state index in [-0.39, 0.29) is 0 Å². The fourth-order valence-corrected chi connectivity index (χ4v) is 3.12. The minimum atomic E-state index is 0.554. The van der Waals surface area contributed by atoms with Gasteiger partial charge in [0.25, 0.3) is 0 Å². The lowest BCUT2D eigenvalue weighted by Crippen LogP contribution is -1.93. The van der Waals surface area contributed by atoms with Gasteiger partial charge in [0.1, 0.15) is 0 Å². The van der Waals surface area contributed by atoms with Gasteiger partial charge < -0.3 is 5.73 Å². The Morgan fingerprint density at radius 2 is 1.82 bits per heavy atom. The molecule has 0 amide bonds. The zero-order chi connectivity index (χ0) is 12.6. The number of nitrogens with zero attached hydrogens (tertiary/aromatic N) is 2. The van der Waals surface area contributed by atoms with Crippen molar-refractivity contribution >= 4 is 40.7 Å². The Bertz CT molecular complexity index is 543. The quantitative estimate of drug-likeness (QED) is 0.855. The van der Waals surface area contributed by atoms with Crippen molar-refractivity contribution in [2.75, 3.05) is 5.73 Å². The summed E-state index contributed by atoms with van der Waals surface area (Å²) in [5, 5.41) is 6.36. The van der Waals surface area contributed by atoms with Gasteiger partial charge in [-0.2, -0.15) is 5.10 Å². The Kier molecular flexibility index (Phi) is 3.56. The maximum atomic E-state index is 6.13. The molecule has 0 unspecified atom stereocenters. The number of hydrogen-bond acceptors (Lipinski definition) is 3. The van der Waals surface area contributed by atoms with E-state index in [1.165, 1.54) is 11.8 Å². The smallest absolute Gasteiger partial charge is 0.0987 e. The molecule has 0 aliphatic heterocycles. The standard InChI is InChI=1S/C11H11Cl2N3S/c1-6-3-10(16(2)15-6)17-11-8(12)4-7(14)5-9(11)13/h3-5H,14H2,1-2H3. The first-order chi connectivity index (χ1) is 7.97. The van der Waals surface area contributed by atoms with Crippen molar-refractivity contribution in [2.45, 2.75) is 16.8 Å². The lowest BCUT2D eigenvalue weighted by atomic mass is 10.3. The number of nitrogen functional groups attached to an aromatic ring is 1. The van der Waals surface area contributed by atoms with Gasteiger partial charge in [-0.25, -0.2) is 0 Å². The van der Waals surface area contributed by atoms with E-state index in [0.717, 1.165) is 15.6 Å². The van der Waals surface area contributed by atoms with Crippen LogP contribution < -0.4 is 5.73 Å². The predicted octanol–water partition coefficient (Wildman–Crippen LogP) is 3.77. The van der Waals surface area contributed by atoms with Crippen molar-refractivity contribution in [3.63, 3.8) is 0 Å². The molecule has 0 aliphatic rings. The highest BCUT2D eigenvalue weighted by Crippen LogP contribution is 2.39. The number of aryl methyl sites for hydroxylation is 2. The van der Waals surface area contributed by atoms with Crippen LogP contribution in [0.2, 0.25) is 10.0 Å². The fraction of sp³-hybridized carbons (Fsp3) is 0.182. The van der Waals surface area contributed by atoms with Crippen molar-refractivity contribution in [1.29, 1.82) is 0 Å². The van der Waals surface area contributed by atoms with Crippen LogP contribution in [0.1, 0.15) is 5.69 Å². The molecule has 0 atom stereocenters. The summed E-state index contributed by atoms with van der Waals surface area (Å²) in [6.45, 7) is 1.94. The van der Waals surface area contributed by atoms with E-state index in [1.54, 1.807) is 16.8 Å². The molecule has 90 valence electrons. The summed E-state index contributed by atoms with van der Waals surface area (Å²) < 4.78 is 1.79. The highest BCUT2D eigenvalue weighted by Gasteiger charge is 2.12. The molecule has 6 heteroatoms. The minimum absolute atomic E-state index is 0.554. The molecular weight excluding hydrogens is 277 g/mol. The molecule has 0 bridgehead atoms. The SMILES string of the molecule is Cc1cc(Sc2c(Cl)cc(N)cc2Cl)n(C)n1. The molecule has 3 nitrogen and oxygen atoms in total. The second-order valence-electron chi connectivity index (χ2n) is 3.66. The van der Waals surface area contributed by atoms with Crippen molar-refractivity contribution in [2.24, 2.45) is 7.05 Å². The largest absolute Gasteiger partial charge is 0.399 e. The van der Waals surface area contributed by atoms with Crippen LogP contribution in [0.25, 0.3) is 0 Å². The van der Waals surface area contributed by atoms with E-state index in [0.29, 0.717) is 15.7 Å². The Balaban J connectivity index is 2.39. The van der Waals surface area contributed by atoms with Crippen molar-refractivity contribution < 1.29 is 0 Å². The predicted molar refractivity (Wildman–Crippen MR) is 72.9 cm³/mol. The molecule has 1 aromatic carbocycles. The summed E-state index contributed by atoms with van der Waals surface area (Å²) >= 11 is 13.7. The number of nitrogens with two attached hydrogens (primary N) is 1. The third kappa shape index (κ3) is 2.70. The molecule has 1 aromatic heterocycles.